The molecule has 1 N–H and O–H groups in total. The molecule has 1 heterocycles. The summed E-state index contributed by atoms with van der Waals surface area (Å²) in [5, 5.41) is 2.99. The van der Waals surface area contributed by atoms with Gasteiger partial charge >= 0.3 is 6.03 Å². The number of likely N-dealkylation sites (tertiary alicyclic amines) is 1. The number of amides is 2. The number of nitrogens with zero attached hydrogens (tertiary/aromatic N) is 1. The summed E-state index contributed by atoms with van der Waals surface area (Å²) in [6, 6.07) is 0.0102. The SMILES string of the molecule is C[C@H](C[S@](C)=O)NC(=O)N1CCCC2(CCCCC2)CC1. The van der Waals surface area contributed by atoms with Crippen LogP contribution in [0.25, 0.3) is 0 Å². The zero-order valence-corrected chi connectivity index (χ0v) is 14.3. The van der Waals surface area contributed by atoms with Crippen molar-refractivity contribution in [2.24, 2.45) is 5.41 Å². The minimum Gasteiger partial charge on any atom is -0.335 e. The van der Waals surface area contributed by atoms with Gasteiger partial charge in [-0.3, -0.25) is 4.21 Å². The third-order valence-electron chi connectivity index (χ3n) is 5.10. The summed E-state index contributed by atoms with van der Waals surface area (Å²) in [5.41, 5.74) is 0.518. The molecule has 0 bridgehead atoms. The van der Waals surface area contributed by atoms with Crippen molar-refractivity contribution in [3.63, 3.8) is 0 Å². The van der Waals surface area contributed by atoms with Gasteiger partial charge in [-0.2, -0.15) is 0 Å². The highest BCUT2D eigenvalue weighted by Crippen LogP contribution is 2.44. The number of urea groups is 1. The first-order valence-electron chi connectivity index (χ1n) is 8.36. The fraction of sp³-hybridized carbons (Fsp3) is 0.938. The molecule has 2 fully saturated rings. The maximum Gasteiger partial charge on any atom is 0.317 e. The molecule has 1 saturated heterocycles. The molecule has 0 aromatic rings. The Hall–Kier alpha value is -0.580. The molecule has 2 amide bonds. The van der Waals surface area contributed by atoms with Crippen LogP contribution in [0.15, 0.2) is 0 Å². The lowest BCUT2D eigenvalue weighted by Crippen LogP contribution is -2.46. The summed E-state index contributed by atoms with van der Waals surface area (Å²) < 4.78 is 11.2. The van der Waals surface area contributed by atoms with Gasteiger partial charge in [0, 0.05) is 41.9 Å². The van der Waals surface area contributed by atoms with Crippen LogP contribution < -0.4 is 5.32 Å². The monoisotopic (exact) mass is 314 g/mol. The maximum atomic E-state index is 12.3. The van der Waals surface area contributed by atoms with Crippen molar-refractivity contribution in [3.8, 4) is 0 Å². The molecule has 1 spiro atoms. The molecule has 1 aliphatic carbocycles. The van der Waals surface area contributed by atoms with Crippen molar-refractivity contribution in [2.75, 3.05) is 25.1 Å². The third-order valence-corrected chi connectivity index (χ3v) is 6.07. The smallest absolute Gasteiger partial charge is 0.317 e. The number of hydrogen-bond donors (Lipinski definition) is 1. The summed E-state index contributed by atoms with van der Waals surface area (Å²) in [6.07, 6.45) is 12.1. The Balaban J connectivity index is 1.84. The highest BCUT2D eigenvalue weighted by molar-refractivity contribution is 7.84. The Bertz CT molecular complexity index is 380. The van der Waals surface area contributed by atoms with Gasteiger partial charge in [-0.1, -0.05) is 19.3 Å². The van der Waals surface area contributed by atoms with Gasteiger partial charge in [0.2, 0.25) is 0 Å². The molecule has 0 radical (unpaired) electrons. The quantitative estimate of drug-likeness (QED) is 0.871. The predicted octanol–water partition coefficient (Wildman–Crippen LogP) is 2.90. The van der Waals surface area contributed by atoms with Crippen molar-refractivity contribution in [3.05, 3.63) is 0 Å². The van der Waals surface area contributed by atoms with Crippen LogP contribution in [0.3, 0.4) is 0 Å². The molecular weight excluding hydrogens is 284 g/mol. The van der Waals surface area contributed by atoms with Gasteiger partial charge in [0.25, 0.3) is 0 Å². The van der Waals surface area contributed by atoms with Crippen molar-refractivity contribution in [1.29, 1.82) is 0 Å². The van der Waals surface area contributed by atoms with Gasteiger partial charge in [0.15, 0.2) is 0 Å². The molecule has 4 nitrogen and oxygen atoms in total. The molecule has 1 saturated carbocycles. The molecule has 2 rings (SSSR count). The Morgan fingerprint density at radius 3 is 2.48 bits per heavy atom. The van der Waals surface area contributed by atoms with Gasteiger partial charge < -0.3 is 10.2 Å². The van der Waals surface area contributed by atoms with Crippen LogP contribution in [0.1, 0.15) is 58.3 Å². The molecule has 0 aromatic heterocycles. The summed E-state index contributed by atoms with van der Waals surface area (Å²) in [6.45, 7) is 3.68. The van der Waals surface area contributed by atoms with E-state index in [1.54, 1.807) is 6.26 Å². The van der Waals surface area contributed by atoms with Crippen LogP contribution in [0, 0.1) is 5.41 Å². The highest BCUT2D eigenvalue weighted by Gasteiger charge is 2.34. The molecule has 2 atom stereocenters. The van der Waals surface area contributed by atoms with Crippen LogP contribution in [0.5, 0.6) is 0 Å². The number of hydrogen-bond acceptors (Lipinski definition) is 2. The maximum absolute atomic E-state index is 12.3. The predicted molar refractivity (Wildman–Crippen MR) is 87.9 cm³/mol. The van der Waals surface area contributed by atoms with Gasteiger partial charge in [0.1, 0.15) is 0 Å². The van der Waals surface area contributed by atoms with E-state index in [1.165, 1.54) is 38.5 Å². The van der Waals surface area contributed by atoms with E-state index >= 15 is 0 Å². The Morgan fingerprint density at radius 2 is 1.81 bits per heavy atom. The normalized spacial score (nSPS) is 25.1. The number of carbonyl (C=O) groups is 1. The van der Waals surface area contributed by atoms with E-state index in [4.69, 9.17) is 0 Å². The van der Waals surface area contributed by atoms with E-state index in [1.807, 2.05) is 11.8 Å². The number of carbonyl (C=O) groups excluding carboxylic acids is 1. The van der Waals surface area contributed by atoms with Gasteiger partial charge in [-0.25, -0.2) is 4.79 Å². The highest BCUT2D eigenvalue weighted by atomic mass is 32.2. The van der Waals surface area contributed by atoms with E-state index in [9.17, 15) is 9.00 Å². The topological polar surface area (TPSA) is 49.4 Å². The molecule has 5 heteroatoms. The summed E-state index contributed by atoms with van der Waals surface area (Å²) in [5.74, 6) is 0.531. The lowest BCUT2D eigenvalue weighted by Gasteiger charge is -2.36. The number of nitrogens with one attached hydrogen (secondary N) is 1. The second kappa shape index (κ2) is 7.61. The van der Waals surface area contributed by atoms with E-state index in [0.29, 0.717) is 11.2 Å². The fourth-order valence-electron chi connectivity index (χ4n) is 3.95. The van der Waals surface area contributed by atoms with Crippen molar-refractivity contribution >= 4 is 16.8 Å². The van der Waals surface area contributed by atoms with Crippen molar-refractivity contribution in [2.45, 2.75) is 64.3 Å². The fourth-order valence-corrected chi connectivity index (χ4v) is 4.74. The minimum atomic E-state index is -0.863. The lowest BCUT2D eigenvalue weighted by atomic mass is 9.69. The second-order valence-electron chi connectivity index (χ2n) is 6.99. The van der Waals surface area contributed by atoms with Crippen molar-refractivity contribution < 1.29 is 9.00 Å². The van der Waals surface area contributed by atoms with E-state index < -0.39 is 10.8 Å². The molecular formula is C16H30N2O2S. The van der Waals surface area contributed by atoms with Crippen LogP contribution in [0.4, 0.5) is 4.79 Å². The largest absolute Gasteiger partial charge is 0.335 e. The third kappa shape index (κ3) is 4.97. The Morgan fingerprint density at radius 1 is 1.14 bits per heavy atom. The first-order chi connectivity index (χ1) is 10.0. The minimum absolute atomic E-state index is 0.0183. The average molecular weight is 314 g/mol. The van der Waals surface area contributed by atoms with Crippen LogP contribution in [-0.4, -0.2) is 46.3 Å². The number of rotatable bonds is 3. The second-order valence-corrected chi connectivity index (χ2v) is 8.47. The van der Waals surface area contributed by atoms with Crippen LogP contribution >= 0.6 is 0 Å². The van der Waals surface area contributed by atoms with Crippen LogP contribution in [-0.2, 0) is 10.8 Å². The first kappa shape index (κ1) is 16.8. The van der Waals surface area contributed by atoms with Gasteiger partial charge in [-0.05, 0) is 44.4 Å². The first-order valence-corrected chi connectivity index (χ1v) is 10.1. The van der Waals surface area contributed by atoms with E-state index in [-0.39, 0.29) is 12.1 Å². The Kier molecular flexibility index (Phi) is 6.08. The standard InChI is InChI=1S/C16H30N2O2S/c1-14(13-21(2)20)17-15(19)18-11-6-9-16(10-12-18)7-4-3-5-8-16/h14H,3-13H2,1-2H3,(H,17,19)/t14-,21+/m1/s1. The van der Waals surface area contributed by atoms with Gasteiger partial charge in [0.05, 0.1) is 0 Å². The molecule has 21 heavy (non-hydrogen) atoms. The summed E-state index contributed by atoms with van der Waals surface area (Å²) in [7, 11) is -0.863. The molecule has 1 aliphatic heterocycles. The summed E-state index contributed by atoms with van der Waals surface area (Å²) >= 11 is 0. The zero-order chi connectivity index (χ0) is 15.3. The van der Waals surface area contributed by atoms with Crippen molar-refractivity contribution in [1.82, 2.24) is 10.2 Å². The zero-order valence-electron chi connectivity index (χ0n) is 13.5. The lowest BCUT2D eigenvalue weighted by molar-refractivity contribution is 0.157. The Labute approximate surface area is 131 Å². The van der Waals surface area contributed by atoms with E-state index in [0.717, 1.165) is 25.9 Å². The average Bonchev–Trinajstić information content (AvgIpc) is 2.61. The van der Waals surface area contributed by atoms with E-state index in [2.05, 4.69) is 5.32 Å². The molecule has 0 aromatic carbocycles. The molecule has 122 valence electrons. The molecule has 2 aliphatic rings. The van der Waals surface area contributed by atoms with Gasteiger partial charge in [-0.15, -0.1) is 0 Å². The summed E-state index contributed by atoms with van der Waals surface area (Å²) in [4.78, 5) is 14.3. The molecule has 0 unspecified atom stereocenters. The van der Waals surface area contributed by atoms with Crippen LogP contribution in [0.2, 0.25) is 0 Å².